The van der Waals surface area contributed by atoms with Gasteiger partial charge in [-0.1, -0.05) is 12.1 Å². The highest BCUT2D eigenvalue weighted by Crippen LogP contribution is 2.25. The number of aryl methyl sites for hydroxylation is 1. The highest BCUT2D eigenvalue weighted by atomic mass is 32.1. The van der Waals surface area contributed by atoms with E-state index < -0.39 is 23.1 Å². The van der Waals surface area contributed by atoms with Crippen molar-refractivity contribution < 1.29 is 13.6 Å². The molecule has 4 rings (SSSR count). The normalized spacial score (nSPS) is 10.8. The van der Waals surface area contributed by atoms with E-state index in [1.165, 1.54) is 29.7 Å². The second-order valence-electron chi connectivity index (χ2n) is 6.74. The predicted molar refractivity (Wildman–Crippen MR) is 114 cm³/mol. The number of nitrogens with zero attached hydrogens (tertiary/aromatic N) is 3. The molecule has 0 aliphatic heterocycles. The van der Waals surface area contributed by atoms with Crippen LogP contribution in [0.1, 0.15) is 21.5 Å². The quantitative estimate of drug-likeness (QED) is 0.505. The molecule has 9 heteroatoms. The molecule has 6 nitrogen and oxygen atoms in total. The molecule has 31 heavy (non-hydrogen) atoms. The van der Waals surface area contributed by atoms with Crippen molar-refractivity contribution in [2.45, 2.75) is 13.5 Å². The lowest BCUT2D eigenvalue weighted by Crippen LogP contribution is -2.23. The Morgan fingerprint density at radius 1 is 1.16 bits per heavy atom. The van der Waals surface area contributed by atoms with Crippen molar-refractivity contribution in [3.63, 3.8) is 0 Å². The average molecular weight is 438 g/mol. The topological polar surface area (TPSA) is 76.9 Å². The lowest BCUT2D eigenvalue weighted by atomic mass is 10.2. The number of benzene rings is 1. The fourth-order valence-electron chi connectivity index (χ4n) is 3.00. The standard InChI is InChI=1S/C22H16F2N4O2S/c1-13-4-3-8-25-20(13)18-12-31-22(26-18)27-21(30)14-7-9-28(19(29)10-14)11-15-16(23)5-2-6-17(15)24/h2-10,12H,11H2,1H3,(H,26,27,30). The molecule has 0 atom stereocenters. The van der Waals surface area contributed by atoms with Crippen molar-refractivity contribution in [3.8, 4) is 11.4 Å². The van der Waals surface area contributed by atoms with E-state index in [0.29, 0.717) is 10.8 Å². The molecule has 0 spiro atoms. The molecule has 0 saturated carbocycles. The van der Waals surface area contributed by atoms with E-state index in [2.05, 4.69) is 15.3 Å². The lowest BCUT2D eigenvalue weighted by molar-refractivity contribution is 0.102. The lowest BCUT2D eigenvalue weighted by Gasteiger charge is -2.09. The van der Waals surface area contributed by atoms with Crippen molar-refractivity contribution in [2.75, 3.05) is 5.32 Å². The van der Waals surface area contributed by atoms with Crippen molar-refractivity contribution in [3.05, 3.63) is 98.9 Å². The Morgan fingerprint density at radius 3 is 2.65 bits per heavy atom. The zero-order valence-corrected chi connectivity index (χ0v) is 17.1. The second-order valence-corrected chi connectivity index (χ2v) is 7.60. The number of hydrogen-bond donors (Lipinski definition) is 1. The molecule has 0 bridgehead atoms. The van der Waals surface area contributed by atoms with Crippen LogP contribution in [0.25, 0.3) is 11.4 Å². The fraction of sp³-hybridized carbons (Fsp3) is 0.0909. The Bertz CT molecular complexity index is 1310. The maximum Gasteiger partial charge on any atom is 0.257 e. The highest BCUT2D eigenvalue weighted by molar-refractivity contribution is 7.14. The molecule has 0 saturated heterocycles. The summed E-state index contributed by atoms with van der Waals surface area (Å²) in [5.41, 5.74) is 1.66. The molecular formula is C22H16F2N4O2S. The van der Waals surface area contributed by atoms with E-state index in [0.717, 1.165) is 34.0 Å². The van der Waals surface area contributed by atoms with Crippen LogP contribution in [-0.2, 0) is 6.54 Å². The minimum absolute atomic E-state index is 0.112. The van der Waals surface area contributed by atoms with E-state index in [9.17, 15) is 18.4 Å². The summed E-state index contributed by atoms with van der Waals surface area (Å²) in [5, 5.41) is 4.80. The van der Waals surface area contributed by atoms with E-state index in [-0.39, 0.29) is 17.7 Å². The third kappa shape index (κ3) is 4.41. The van der Waals surface area contributed by atoms with Gasteiger partial charge in [-0.3, -0.25) is 19.9 Å². The fourth-order valence-corrected chi connectivity index (χ4v) is 3.69. The third-order valence-corrected chi connectivity index (χ3v) is 5.38. The first-order valence-corrected chi connectivity index (χ1v) is 10.1. The average Bonchev–Trinajstić information content (AvgIpc) is 3.20. The second kappa shape index (κ2) is 8.57. The molecule has 0 radical (unpaired) electrons. The van der Waals surface area contributed by atoms with E-state index in [4.69, 9.17) is 0 Å². The number of thiazole rings is 1. The molecule has 0 aliphatic rings. The van der Waals surface area contributed by atoms with Crippen LogP contribution >= 0.6 is 11.3 Å². The number of nitrogens with one attached hydrogen (secondary N) is 1. The number of aromatic nitrogens is 3. The van der Waals surface area contributed by atoms with Crippen molar-refractivity contribution in [1.82, 2.24) is 14.5 Å². The first-order chi connectivity index (χ1) is 14.9. The molecule has 4 aromatic rings. The molecule has 0 aliphatic carbocycles. The van der Waals surface area contributed by atoms with Gasteiger partial charge in [0.15, 0.2) is 5.13 Å². The van der Waals surface area contributed by atoms with Gasteiger partial charge >= 0.3 is 0 Å². The molecular weight excluding hydrogens is 422 g/mol. The van der Waals surface area contributed by atoms with E-state index in [1.807, 2.05) is 19.1 Å². The monoisotopic (exact) mass is 438 g/mol. The Kier molecular flexibility index (Phi) is 5.68. The zero-order chi connectivity index (χ0) is 22.0. The summed E-state index contributed by atoms with van der Waals surface area (Å²) in [6, 6.07) is 9.78. The van der Waals surface area contributed by atoms with Crippen LogP contribution in [0, 0.1) is 18.6 Å². The molecule has 1 N–H and O–H groups in total. The first-order valence-electron chi connectivity index (χ1n) is 9.24. The number of anilines is 1. The van der Waals surface area contributed by atoms with E-state index >= 15 is 0 Å². The summed E-state index contributed by atoms with van der Waals surface area (Å²) in [4.78, 5) is 33.6. The zero-order valence-electron chi connectivity index (χ0n) is 16.3. The summed E-state index contributed by atoms with van der Waals surface area (Å²) in [6.07, 6.45) is 3.00. The molecule has 1 amide bonds. The molecule has 1 aromatic carbocycles. The molecule has 0 fully saturated rings. The number of pyridine rings is 2. The molecule has 156 valence electrons. The Balaban J connectivity index is 1.51. The minimum atomic E-state index is -0.739. The van der Waals surface area contributed by atoms with E-state index in [1.54, 1.807) is 11.6 Å². The maximum absolute atomic E-state index is 13.8. The minimum Gasteiger partial charge on any atom is -0.311 e. The van der Waals surface area contributed by atoms with Gasteiger partial charge in [-0.15, -0.1) is 11.3 Å². The van der Waals surface area contributed by atoms with Gasteiger partial charge in [-0.2, -0.15) is 0 Å². The van der Waals surface area contributed by atoms with Gasteiger partial charge < -0.3 is 4.57 Å². The van der Waals surface area contributed by atoms with Crippen LogP contribution in [0.2, 0.25) is 0 Å². The van der Waals surface area contributed by atoms with Gasteiger partial charge in [0.05, 0.1) is 12.2 Å². The predicted octanol–water partition coefficient (Wildman–Crippen LogP) is 4.25. The Morgan fingerprint density at radius 2 is 1.94 bits per heavy atom. The number of hydrogen-bond acceptors (Lipinski definition) is 5. The van der Waals surface area contributed by atoms with Crippen LogP contribution in [0.15, 0.2) is 65.0 Å². The number of rotatable bonds is 5. The Hall–Kier alpha value is -3.72. The number of carbonyl (C=O) groups excluding carboxylic acids is 1. The van der Waals surface area contributed by atoms with Gasteiger partial charge in [0.25, 0.3) is 11.5 Å². The molecule has 3 aromatic heterocycles. The van der Waals surface area contributed by atoms with Crippen molar-refractivity contribution in [1.29, 1.82) is 0 Å². The van der Waals surface area contributed by atoms with Gasteiger partial charge in [0, 0.05) is 35.0 Å². The van der Waals surface area contributed by atoms with Crippen LogP contribution in [0.3, 0.4) is 0 Å². The highest BCUT2D eigenvalue weighted by Gasteiger charge is 2.14. The number of carbonyl (C=O) groups is 1. The third-order valence-electron chi connectivity index (χ3n) is 4.63. The summed E-state index contributed by atoms with van der Waals surface area (Å²) in [7, 11) is 0. The van der Waals surface area contributed by atoms with Crippen LogP contribution in [0.5, 0.6) is 0 Å². The van der Waals surface area contributed by atoms with Crippen LogP contribution < -0.4 is 10.9 Å². The van der Waals surface area contributed by atoms with Gasteiger partial charge in [0.2, 0.25) is 0 Å². The molecule has 0 unspecified atom stereocenters. The van der Waals surface area contributed by atoms with Gasteiger partial charge in [-0.25, -0.2) is 13.8 Å². The largest absolute Gasteiger partial charge is 0.311 e. The van der Waals surface area contributed by atoms with Crippen molar-refractivity contribution in [2.24, 2.45) is 0 Å². The van der Waals surface area contributed by atoms with Gasteiger partial charge in [-0.05, 0) is 36.8 Å². The maximum atomic E-state index is 13.8. The molecule has 3 heterocycles. The Labute approximate surface area is 179 Å². The summed E-state index contributed by atoms with van der Waals surface area (Å²) < 4.78 is 28.8. The summed E-state index contributed by atoms with van der Waals surface area (Å²) >= 11 is 1.24. The van der Waals surface area contributed by atoms with Crippen LogP contribution in [0.4, 0.5) is 13.9 Å². The summed E-state index contributed by atoms with van der Waals surface area (Å²) in [5.74, 6) is -1.99. The SMILES string of the molecule is Cc1cccnc1-c1csc(NC(=O)c2ccn(Cc3c(F)cccc3F)c(=O)c2)n1. The van der Waals surface area contributed by atoms with Gasteiger partial charge in [0.1, 0.15) is 17.3 Å². The first kappa shape index (κ1) is 20.5. The number of halogens is 2. The van der Waals surface area contributed by atoms with Crippen LogP contribution in [-0.4, -0.2) is 20.4 Å². The summed E-state index contributed by atoms with van der Waals surface area (Å²) in [6.45, 7) is 1.64. The van der Waals surface area contributed by atoms with Crippen molar-refractivity contribution >= 4 is 22.4 Å². The smallest absolute Gasteiger partial charge is 0.257 e. The number of amides is 1.